The second-order valence-corrected chi connectivity index (χ2v) is 5.89. The Hall–Kier alpha value is -2.56. The molecule has 0 fully saturated rings. The molecule has 0 radical (unpaired) electrons. The fourth-order valence-corrected chi connectivity index (χ4v) is 2.28. The van der Waals surface area contributed by atoms with E-state index in [4.69, 9.17) is 4.74 Å². The first-order valence-electron chi connectivity index (χ1n) is 8.28. The summed E-state index contributed by atoms with van der Waals surface area (Å²) in [5, 5.41) is 6.45. The molecule has 5 nitrogen and oxygen atoms in total. The Morgan fingerprint density at radius 3 is 2.62 bits per heavy atom. The van der Waals surface area contributed by atoms with Crippen molar-refractivity contribution < 1.29 is 9.53 Å². The Morgan fingerprint density at radius 2 is 1.96 bits per heavy atom. The quantitative estimate of drug-likeness (QED) is 0.780. The average Bonchev–Trinajstić information content (AvgIpc) is 2.59. The van der Waals surface area contributed by atoms with E-state index in [0.717, 1.165) is 5.69 Å². The molecule has 0 saturated heterocycles. The number of pyridine rings is 1. The first-order valence-corrected chi connectivity index (χ1v) is 8.28. The van der Waals surface area contributed by atoms with Crippen LogP contribution in [0.2, 0.25) is 0 Å². The van der Waals surface area contributed by atoms with Crippen LogP contribution in [0.25, 0.3) is 0 Å². The number of amides is 1. The van der Waals surface area contributed by atoms with Crippen LogP contribution in [0.3, 0.4) is 0 Å². The van der Waals surface area contributed by atoms with Gasteiger partial charge in [-0.15, -0.1) is 0 Å². The molecule has 0 spiro atoms. The van der Waals surface area contributed by atoms with Crippen LogP contribution in [0.4, 0.5) is 5.69 Å². The van der Waals surface area contributed by atoms with Crippen LogP contribution in [0.5, 0.6) is 5.88 Å². The van der Waals surface area contributed by atoms with Crippen LogP contribution in [0, 0.1) is 5.92 Å². The van der Waals surface area contributed by atoms with E-state index in [-0.39, 0.29) is 11.9 Å². The maximum atomic E-state index is 12.4. The number of carbonyl (C=O) groups is 1. The summed E-state index contributed by atoms with van der Waals surface area (Å²) in [6.07, 6.45) is 1.59. The summed E-state index contributed by atoms with van der Waals surface area (Å²) in [6.45, 7) is 7.21. The zero-order valence-corrected chi connectivity index (χ0v) is 14.5. The normalized spacial score (nSPS) is 11.8. The number of nitrogens with one attached hydrogen (secondary N) is 2. The zero-order valence-electron chi connectivity index (χ0n) is 14.5. The van der Waals surface area contributed by atoms with E-state index in [1.807, 2.05) is 37.3 Å². The first-order chi connectivity index (χ1) is 11.6. The minimum absolute atomic E-state index is 0.126. The van der Waals surface area contributed by atoms with Crippen LogP contribution in [0.15, 0.2) is 48.7 Å². The second-order valence-electron chi connectivity index (χ2n) is 5.89. The van der Waals surface area contributed by atoms with Gasteiger partial charge in [-0.25, -0.2) is 4.98 Å². The fraction of sp³-hybridized carbons (Fsp3) is 0.368. The lowest BCUT2D eigenvalue weighted by Crippen LogP contribution is -2.39. The van der Waals surface area contributed by atoms with Crippen molar-refractivity contribution in [2.24, 2.45) is 5.92 Å². The molecule has 1 atom stereocenters. The van der Waals surface area contributed by atoms with Crippen molar-refractivity contribution in [1.29, 1.82) is 0 Å². The van der Waals surface area contributed by atoms with E-state index in [1.165, 1.54) is 0 Å². The fourth-order valence-electron chi connectivity index (χ4n) is 2.28. The predicted molar refractivity (Wildman–Crippen MR) is 96.4 cm³/mol. The van der Waals surface area contributed by atoms with Gasteiger partial charge in [-0.3, -0.25) is 4.79 Å². The van der Waals surface area contributed by atoms with Gasteiger partial charge in [-0.05, 0) is 31.0 Å². The molecule has 1 amide bonds. The van der Waals surface area contributed by atoms with Gasteiger partial charge in [0.1, 0.15) is 0 Å². The van der Waals surface area contributed by atoms with Gasteiger partial charge in [0, 0.05) is 36.1 Å². The Kier molecular flexibility index (Phi) is 6.61. The first kappa shape index (κ1) is 17.8. The van der Waals surface area contributed by atoms with Crippen LogP contribution >= 0.6 is 0 Å². The number of carbonyl (C=O) groups excluding carboxylic acids is 1. The summed E-state index contributed by atoms with van der Waals surface area (Å²) < 4.78 is 5.34. The van der Waals surface area contributed by atoms with Crippen LogP contribution in [0.1, 0.15) is 31.1 Å². The van der Waals surface area contributed by atoms with E-state index in [1.54, 1.807) is 18.3 Å². The van der Waals surface area contributed by atoms with Crippen LogP contribution in [-0.4, -0.2) is 30.1 Å². The second kappa shape index (κ2) is 8.91. The molecule has 128 valence electrons. The highest BCUT2D eigenvalue weighted by atomic mass is 16.5. The van der Waals surface area contributed by atoms with Crippen LogP contribution in [-0.2, 0) is 0 Å². The molecule has 0 saturated carbocycles. The molecule has 2 N–H and O–H groups in total. The highest BCUT2D eigenvalue weighted by Gasteiger charge is 2.15. The maximum absolute atomic E-state index is 12.4. The van der Waals surface area contributed by atoms with Gasteiger partial charge in [-0.2, -0.15) is 0 Å². The van der Waals surface area contributed by atoms with Gasteiger partial charge in [0.05, 0.1) is 6.61 Å². The van der Waals surface area contributed by atoms with Crippen molar-refractivity contribution in [2.75, 3.05) is 18.5 Å². The highest BCUT2D eigenvalue weighted by Crippen LogP contribution is 2.13. The third-order valence-corrected chi connectivity index (χ3v) is 3.70. The number of hydrogen-bond acceptors (Lipinski definition) is 4. The molecule has 2 rings (SSSR count). The minimum atomic E-state index is -0.126. The van der Waals surface area contributed by atoms with Crippen molar-refractivity contribution in [3.05, 3.63) is 54.2 Å². The summed E-state index contributed by atoms with van der Waals surface area (Å²) in [4.78, 5) is 16.4. The number of rotatable bonds is 8. The molecular formula is C19H25N3O2. The standard InChI is InChI=1S/C19H25N3O2/c1-4-24-18-12-15(10-11-20-18)19(23)21-13-17(14(2)3)22-16-8-6-5-7-9-16/h5-12,14,17,22H,4,13H2,1-3H3,(H,21,23). The number of ether oxygens (including phenoxy) is 1. The summed E-state index contributed by atoms with van der Waals surface area (Å²) in [5.74, 6) is 0.716. The summed E-state index contributed by atoms with van der Waals surface area (Å²) in [6, 6.07) is 13.5. The van der Waals surface area contributed by atoms with Gasteiger partial charge < -0.3 is 15.4 Å². The highest BCUT2D eigenvalue weighted by molar-refractivity contribution is 5.94. The summed E-state index contributed by atoms with van der Waals surface area (Å²) in [5.41, 5.74) is 1.60. The third-order valence-electron chi connectivity index (χ3n) is 3.70. The van der Waals surface area contributed by atoms with Gasteiger partial charge >= 0.3 is 0 Å². The molecule has 0 aliphatic rings. The number of anilines is 1. The summed E-state index contributed by atoms with van der Waals surface area (Å²) in [7, 11) is 0. The number of benzene rings is 1. The van der Waals surface area contributed by atoms with E-state index in [9.17, 15) is 4.79 Å². The summed E-state index contributed by atoms with van der Waals surface area (Å²) >= 11 is 0. The Bertz CT molecular complexity index is 644. The number of hydrogen-bond donors (Lipinski definition) is 2. The molecule has 0 bridgehead atoms. The van der Waals surface area contributed by atoms with Gasteiger partial charge in [0.2, 0.25) is 5.88 Å². The number of para-hydroxylation sites is 1. The third kappa shape index (κ3) is 5.26. The monoisotopic (exact) mass is 327 g/mol. The molecule has 0 aliphatic heterocycles. The molecule has 1 heterocycles. The van der Waals surface area contributed by atoms with E-state index < -0.39 is 0 Å². The van der Waals surface area contributed by atoms with Gasteiger partial charge in [0.15, 0.2) is 0 Å². The Balaban J connectivity index is 1.96. The maximum Gasteiger partial charge on any atom is 0.251 e. The van der Waals surface area contributed by atoms with Crippen molar-refractivity contribution in [3.63, 3.8) is 0 Å². The minimum Gasteiger partial charge on any atom is -0.478 e. The Labute approximate surface area is 143 Å². The van der Waals surface area contributed by atoms with Crippen molar-refractivity contribution in [2.45, 2.75) is 26.8 Å². The van der Waals surface area contributed by atoms with Crippen LogP contribution < -0.4 is 15.4 Å². The van der Waals surface area contributed by atoms with Gasteiger partial charge in [-0.1, -0.05) is 32.0 Å². The molecule has 24 heavy (non-hydrogen) atoms. The smallest absolute Gasteiger partial charge is 0.251 e. The molecule has 5 heteroatoms. The number of nitrogens with zero attached hydrogens (tertiary/aromatic N) is 1. The van der Waals surface area contributed by atoms with Crippen molar-refractivity contribution in [1.82, 2.24) is 10.3 Å². The lowest BCUT2D eigenvalue weighted by Gasteiger charge is -2.24. The Morgan fingerprint density at radius 1 is 1.21 bits per heavy atom. The van der Waals surface area contributed by atoms with Crippen molar-refractivity contribution >= 4 is 11.6 Å². The zero-order chi connectivity index (χ0) is 17.4. The molecule has 1 unspecified atom stereocenters. The molecule has 1 aromatic carbocycles. The lowest BCUT2D eigenvalue weighted by molar-refractivity contribution is 0.0949. The lowest BCUT2D eigenvalue weighted by atomic mass is 10.0. The average molecular weight is 327 g/mol. The molecule has 0 aliphatic carbocycles. The van der Waals surface area contributed by atoms with Gasteiger partial charge in [0.25, 0.3) is 5.91 Å². The number of aromatic nitrogens is 1. The SMILES string of the molecule is CCOc1cc(C(=O)NCC(Nc2ccccc2)C(C)C)ccn1. The van der Waals surface area contributed by atoms with E-state index in [0.29, 0.717) is 30.5 Å². The van der Waals surface area contributed by atoms with E-state index in [2.05, 4.69) is 29.5 Å². The molecular weight excluding hydrogens is 302 g/mol. The topological polar surface area (TPSA) is 63.2 Å². The van der Waals surface area contributed by atoms with Crippen molar-refractivity contribution in [3.8, 4) is 5.88 Å². The predicted octanol–water partition coefficient (Wildman–Crippen LogP) is 3.35. The molecule has 1 aromatic heterocycles. The molecule has 2 aromatic rings. The van der Waals surface area contributed by atoms with E-state index >= 15 is 0 Å². The largest absolute Gasteiger partial charge is 0.478 e.